The standard InChI is InChI=1S/C16H27NO4/c1-12-5-4-6-13(2)16(12)21-11-15(19)9-17-14(7-8-18)10-20-3/h4-6,14-15,17-19H,7-11H2,1-3H3. The normalized spacial score (nSPS) is 14.0. The second kappa shape index (κ2) is 9.73. The molecule has 2 unspecified atom stereocenters. The van der Waals surface area contributed by atoms with E-state index < -0.39 is 6.10 Å². The molecule has 0 radical (unpaired) electrons. The van der Waals surface area contributed by atoms with Crippen molar-refractivity contribution in [2.75, 3.05) is 33.5 Å². The zero-order valence-electron chi connectivity index (χ0n) is 13.1. The monoisotopic (exact) mass is 297 g/mol. The fourth-order valence-electron chi connectivity index (χ4n) is 2.17. The number of para-hydroxylation sites is 1. The number of hydrogen-bond donors (Lipinski definition) is 3. The summed E-state index contributed by atoms with van der Waals surface area (Å²) in [5.41, 5.74) is 2.13. The highest BCUT2D eigenvalue weighted by atomic mass is 16.5. The SMILES string of the molecule is COCC(CCO)NCC(O)COc1c(C)cccc1C. The molecule has 0 amide bonds. The van der Waals surface area contributed by atoms with Crippen LogP contribution in [0.4, 0.5) is 0 Å². The Morgan fingerprint density at radius 1 is 1.19 bits per heavy atom. The molecule has 3 N–H and O–H groups in total. The van der Waals surface area contributed by atoms with E-state index in [1.54, 1.807) is 7.11 Å². The Kier molecular flexibility index (Phi) is 8.30. The van der Waals surface area contributed by atoms with Crippen molar-refractivity contribution in [1.82, 2.24) is 5.32 Å². The van der Waals surface area contributed by atoms with E-state index in [-0.39, 0.29) is 19.3 Å². The Morgan fingerprint density at radius 2 is 1.86 bits per heavy atom. The molecule has 0 saturated carbocycles. The van der Waals surface area contributed by atoms with Crippen molar-refractivity contribution >= 4 is 0 Å². The van der Waals surface area contributed by atoms with Crippen molar-refractivity contribution in [3.05, 3.63) is 29.3 Å². The maximum absolute atomic E-state index is 9.99. The Morgan fingerprint density at radius 3 is 2.43 bits per heavy atom. The highest BCUT2D eigenvalue weighted by molar-refractivity contribution is 5.39. The van der Waals surface area contributed by atoms with Gasteiger partial charge in [-0.3, -0.25) is 0 Å². The molecule has 21 heavy (non-hydrogen) atoms. The number of aliphatic hydroxyl groups excluding tert-OH is 2. The molecule has 0 fully saturated rings. The van der Waals surface area contributed by atoms with Crippen LogP contribution in [0.3, 0.4) is 0 Å². The summed E-state index contributed by atoms with van der Waals surface area (Å²) in [5.74, 6) is 0.834. The summed E-state index contributed by atoms with van der Waals surface area (Å²) in [4.78, 5) is 0. The number of methoxy groups -OCH3 is 1. The topological polar surface area (TPSA) is 71.0 Å². The van der Waals surface area contributed by atoms with E-state index in [9.17, 15) is 5.11 Å². The summed E-state index contributed by atoms with van der Waals surface area (Å²) in [5, 5.41) is 22.1. The second-order valence-electron chi connectivity index (χ2n) is 5.26. The molecule has 0 bridgehead atoms. The van der Waals surface area contributed by atoms with Gasteiger partial charge in [-0.25, -0.2) is 0 Å². The number of aliphatic hydroxyl groups is 2. The van der Waals surface area contributed by atoms with Crippen molar-refractivity contribution in [2.24, 2.45) is 0 Å². The van der Waals surface area contributed by atoms with Gasteiger partial charge in [0.05, 0.1) is 6.61 Å². The van der Waals surface area contributed by atoms with Gasteiger partial charge in [0.15, 0.2) is 0 Å². The molecule has 0 aliphatic rings. The van der Waals surface area contributed by atoms with Crippen molar-refractivity contribution in [3.8, 4) is 5.75 Å². The van der Waals surface area contributed by atoms with Gasteiger partial charge in [0.25, 0.3) is 0 Å². The van der Waals surface area contributed by atoms with Crippen molar-refractivity contribution < 1.29 is 19.7 Å². The van der Waals surface area contributed by atoms with Crippen LogP contribution in [0.1, 0.15) is 17.5 Å². The fourth-order valence-corrected chi connectivity index (χ4v) is 2.17. The summed E-state index contributed by atoms with van der Waals surface area (Å²) in [6, 6.07) is 6.00. The van der Waals surface area contributed by atoms with E-state index in [2.05, 4.69) is 5.32 Å². The van der Waals surface area contributed by atoms with Gasteiger partial charge in [-0.15, -0.1) is 0 Å². The first-order valence-electron chi connectivity index (χ1n) is 7.28. The zero-order chi connectivity index (χ0) is 15.7. The molecule has 0 spiro atoms. The van der Waals surface area contributed by atoms with Crippen LogP contribution in [-0.2, 0) is 4.74 Å². The van der Waals surface area contributed by atoms with Gasteiger partial charge >= 0.3 is 0 Å². The maximum Gasteiger partial charge on any atom is 0.125 e. The number of hydrogen-bond acceptors (Lipinski definition) is 5. The van der Waals surface area contributed by atoms with Gasteiger partial charge in [-0.05, 0) is 31.4 Å². The minimum atomic E-state index is -0.609. The first-order chi connectivity index (χ1) is 10.1. The van der Waals surface area contributed by atoms with Gasteiger partial charge in [0, 0.05) is 26.3 Å². The van der Waals surface area contributed by atoms with Crippen LogP contribution in [0.25, 0.3) is 0 Å². The van der Waals surface area contributed by atoms with Gasteiger partial charge < -0.3 is 25.0 Å². The third-order valence-electron chi connectivity index (χ3n) is 3.32. The van der Waals surface area contributed by atoms with E-state index >= 15 is 0 Å². The maximum atomic E-state index is 9.99. The van der Waals surface area contributed by atoms with Gasteiger partial charge in [-0.2, -0.15) is 0 Å². The molecule has 0 heterocycles. The molecule has 1 rings (SSSR count). The minimum absolute atomic E-state index is 0.0369. The molecular formula is C16H27NO4. The molecule has 1 aromatic rings. The third kappa shape index (κ3) is 6.44. The van der Waals surface area contributed by atoms with Crippen LogP contribution in [-0.4, -0.2) is 55.8 Å². The summed E-state index contributed by atoms with van der Waals surface area (Å²) in [6.45, 7) is 5.21. The lowest BCUT2D eigenvalue weighted by Crippen LogP contribution is -2.40. The second-order valence-corrected chi connectivity index (χ2v) is 5.26. The predicted octanol–water partition coefficient (Wildman–Crippen LogP) is 1.03. The number of ether oxygens (including phenoxy) is 2. The van der Waals surface area contributed by atoms with Crippen LogP contribution in [0.15, 0.2) is 18.2 Å². The molecule has 1 aromatic carbocycles. The Labute approximate surface area is 126 Å². The van der Waals surface area contributed by atoms with E-state index in [0.29, 0.717) is 19.6 Å². The first kappa shape index (κ1) is 17.9. The molecule has 0 aliphatic heterocycles. The van der Waals surface area contributed by atoms with Crippen LogP contribution in [0, 0.1) is 13.8 Å². The molecule has 2 atom stereocenters. The Bertz CT molecular complexity index is 385. The predicted molar refractivity (Wildman–Crippen MR) is 82.8 cm³/mol. The number of benzene rings is 1. The van der Waals surface area contributed by atoms with Crippen molar-refractivity contribution in [2.45, 2.75) is 32.4 Å². The lowest BCUT2D eigenvalue weighted by molar-refractivity contribution is 0.0914. The fraction of sp³-hybridized carbons (Fsp3) is 0.625. The van der Waals surface area contributed by atoms with E-state index in [4.69, 9.17) is 14.6 Å². The van der Waals surface area contributed by atoms with E-state index in [0.717, 1.165) is 16.9 Å². The largest absolute Gasteiger partial charge is 0.490 e. The Balaban J connectivity index is 2.38. The third-order valence-corrected chi connectivity index (χ3v) is 3.32. The summed E-state index contributed by atoms with van der Waals surface area (Å²) >= 11 is 0. The van der Waals surface area contributed by atoms with Gasteiger partial charge in [0.2, 0.25) is 0 Å². The van der Waals surface area contributed by atoms with E-state index in [1.165, 1.54) is 0 Å². The van der Waals surface area contributed by atoms with E-state index in [1.807, 2.05) is 32.0 Å². The van der Waals surface area contributed by atoms with Crippen LogP contribution < -0.4 is 10.1 Å². The zero-order valence-corrected chi connectivity index (χ0v) is 13.1. The summed E-state index contributed by atoms with van der Waals surface area (Å²) in [6.07, 6.45) is -0.0137. The minimum Gasteiger partial charge on any atom is -0.490 e. The van der Waals surface area contributed by atoms with Crippen molar-refractivity contribution in [3.63, 3.8) is 0 Å². The molecule has 0 saturated heterocycles. The van der Waals surface area contributed by atoms with Gasteiger partial charge in [0.1, 0.15) is 18.5 Å². The molecule has 5 heteroatoms. The Hall–Kier alpha value is -1.14. The first-order valence-corrected chi connectivity index (χ1v) is 7.28. The number of rotatable bonds is 10. The van der Waals surface area contributed by atoms with Crippen LogP contribution >= 0.6 is 0 Å². The molecule has 5 nitrogen and oxygen atoms in total. The molecule has 120 valence electrons. The quantitative estimate of drug-likeness (QED) is 0.602. The lowest BCUT2D eigenvalue weighted by atomic mass is 10.1. The number of nitrogens with one attached hydrogen (secondary N) is 1. The summed E-state index contributed by atoms with van der Waals surface area (Å²) in [7, 11) is 1.62. The van der Waals surface area contributed by atoms with Gasteiger partial charge in [-0.1, -0.05) is 18.2 Å². The van der Waals surface area contributed by atoms with Crippen LogP contribution in [0.5, 0.6) is 5.75 Å². The average Bonchev–Trinajstić information content (AvgIpc) is 2.44. The number of aryl methyl sites for hydroxylation is 2. The summed E-state index contributed by atoms with van der Waals surface area (Å²) < 4.78 is 10.8. The lowest BCUT2D eigenvalue weighted by Gasteiger charge is -2.20. The highest BCUT2D eigenvalue weighted by Gasteiger charge is 2.12. The smallest absolute Gasteiger partial charge is 0.125 e. The molecule has 0 aliphatic carbocycles. The van der Waals surface area contributed by atoms with Crippen molar-refractivity contribution in [1.29, 1.82) is 0 Å². The average molecular weight is 297 g/mol. The van der Waals surface area contributed by atoms with Crippen LogP contribution in [0.2, 0.25) is 0 Å². The molecular weight excluding hydrogens is 270 g/mol. The molecule has 0 aromatic heterocycles. The highest BCUT2D eigenvalue weighted by Crippen LogP contribution is 2.22.